The predicted octanol–water partition coefficient (Wildman–Crippen LogP) is 3.59. The van der Waals surface area contributed by atoms with E-state index in [0.717, 1.165) is 50.4 Å². The maximum atomic E-state index is 12.9. The number of hydrogen-bond acceptors (Lipinski definition) is 7. The van der Waals surface area contributed by atoms with E-state index >= 15 is 0 Å². The fraction of sp³-hybridized carbons (Fsp3) is 0.727. The molecule has 162 valence electrons. The van der Waals surface area contributed by atoms with E-state index in [1.54, 1.807) is 6.92 Å². The number of ether oxygens (including phenoxy) is 1. The number of hydrogen-bond donors (Lipinski definition) is 0. The predicted molar refractivity (Wildman–Crippen MR) is 107 cm³/mol. The molecule has 1 aliphatic carbocycles. The second-order valence-corrected chi connectivity index (χ2v) is 9.26. The summed E-state index contributed by atoms with van der Waals surface area (Å²) in [4.78, 5) is 19.5. The lowest BCUT2D eigenvalue weighted by Gasteiger charge is -2.46. The Morgan fingerprint density at radius 1 is 1.13 bits per heavy atom. The van der Waals surface area contributed by atoms with E-state index in [4.69, 9.17) is 13.8 Å². The third-order valence-electron chi connectivity index (χ3n) is 7.21. The van der Waals surface area contributed by atoms with Gasteiger partial charge in [0.15, 0.2) is 5.82 Å². The van der Waals surface area contributed by atoms with Crippen LogP contribution in [0, 0.1) is 19.8 Å². The first-order valence-electron chi connectivity index (χ1n) is 11.2. The number of carbonyl (C=O) groups is 1. The Labute approximate surface area is 176 Å². The fourth-order valence-electron chi connectivity index (χ4n) is 5.15. The van der Waals surface area contributed by atoms with E-state index < -0.39 is 0 Å². The number of rotatable bonds is 4. The van der Waals surface area contributed by atoms with Crippen LogP contribution in [0.15, 0.2) is 9.05 Å². The molecule has 5 rings (SSSR count). The molecule has 2 aromatic heterocycles. The lowest BCUT2D eigenvalue weighted by molar-refractivity contribution is -0.123. The Kier molecular flexibility index (Phi) is 5.13. The minimum atomic E-state index is -0.140. The zero-order valence-corrected chi connectivity index (χ0v) is 17.9. The molecule has 30 heavy (non-hydrogen) atoms. The minimum absolute atomic E-state index is 0.0174. The fourth-order valence-corrected chi connectivity index (χ4v) is 5.15. The van der Waals surface area contributed by atoms with Crippen molar-refractivity contribution in [3.8, 4) is 0 Å². The van der Waals surface area contributed by atoms with E-state index in [1.165, 1.54) is 19.3 Å². The molecule has 1 atom stereocenters. The third kappa shape index (κ3) is 3.66. The van der Waals surface area contributed by atoms with Gasteiger partial charge in [-0.15, -0.1) is 0 Å². The first-order chi connectivity index (χ1) is 14.5. The van der Waals surface area contributed by atoms with Gasteiger partial charge in [-0.25, -0.2) is 0 Å². The summed E-state index contributed by atoms with van der Waals surface area (Å²) in [5.74, 6) is 3.24. The number of likely N-dealkylation sites (tertiary alicyclic amines) is 1. The molecule has 0 N–H and O–H groups in total. The van der Waals surface area contributed by atoms with Gasteiger partial charge in [-0.2, -0.15) is 4.98 Å². The van der Waals surface area contributed by atoms with Crippen molar-refractivity contribution in [3.05, 3.63) is 28.7 Å². The molecule has 3 fully saturated rings. The Hall–Kier alpha value is -2.22. The van der Waals surface area contributed by atoms with Crippen LogP contribution in [-0.4, -0.2) is 51.4 Å². The van der Waals surface area contributed by atoms with Gasteiger partial charge in [0.1, 0.15) is 11.3 Å². The van der Waals surface area contributed by atoms with Crippen LogP contribution in [0.3, 0.4) is 0 Å². The quantitative estimate of drug-likeness (QED) is 0.754. The summed E-state index contributed by atoms with van der Waals surface area (Å²) in [6.45, 7) is 5.77. The normalized spacial score (nSPS) is 24.2. The molecule has 3 aliphatic rings. The number of amides is 1. The van der Waals surface area contributed by atoms with E-state index in [-0.39, 0.29) is 11.5 Å². The monoisotopic (exact) mass is 414 g/mol. The zero-order valence-electron chi connectivity index (χ0n) is 17.9. The molecule has 1 saturated carbocycles. The van der Waals surface area contributed by atoms with Crippen molar-refractivity contribution in [3.63, 3.8) is 0 Å². The number of nitrogens with zero attached hydrogens (tertiary/aromatic N) is 4. The third-order valence-corrected chi connectivity index (χ3v) is 7.21. The van der Waals surface area contributed by atoms with Crippen LogP contribution in [0.5, 0.6) is 0 Å². The van der Waals surface area contributed by atoms with Gasteiger partial charge in [0.25, 0.3) is 5.91 Å². The Morgan fingerprint density at radius 2 is 1.93 bits per heavy atom. The van der Waals surface area contributed by atoms with Crippen molar-refractivity contribution in [2.45, 2.75) is 76.7 Å². The van der Waals surface area contributed by atoms with Gasteiger partial charge in [-0.3, -0.25) is 4.79 Å². The maximum Gasteiger partial charge on any atom is 0.259 e. The van der Waals surface area contributed by atoms with Crippen molar-refractivity contribution in [2.24, 2.45) is 5.92 Å². The summed E-state index contributed by atoms with van der Waals surface area (Å²) < 4.78 is 16.9. The molecule has 2 aromatic rings. The SMILES string of the molecule is Cc1noc(C)c1C(=O)N1CCC2(CC1)CC(Cc1noc(C3CCC3)n1)CCO2. The highest BCUT2D eigenvalue weighted by molar-refractivity contribution is 5.96. The minimum Gasteiger partial charge on any atom is -0.375 e. The van der Waals surface area contributed by atoms with Crippen molar-refractivity contribution in [2.75, 3.05) is 19.7 Å². The van der Waals surface area contributed by atoms with Gasteiger partial charge in [0, 0.05) is 32.0 Å². The maximum absolute atomic E-state index is 12.9. The Bertz CT molecular complexity index is 889. The van der Waals surface area contributed by atoms with Gasteiger partial charge in [-0.05, 0) is 58.3 Å². The van der Waals surface area contributed by atoms with E-state index in [0.29, 0.717) is 41.9 Å². The van der Waals surface area contributed by atoms with Crippen molar-refractivity contribution >= 4 is 5.91 Å². The summed E-state index contributed by atoms with van der Waals surface area (Å²) in [6, 6.07) is 0. The molecule has 1 amide bonds. The van der Waals surface area contributed by atoms with Crippen LogP contribution in [0.1, 0.15) is 84.4 Å². The lowest BCUT2D eigenvalue weighted by atomic mass is 9.78. The van der Waals surface area contributed by atoms with Crippen molar-refractivity contribution < 1.29 is 18.6 Å². The first kappa shape index (κ1) is 19.7. The molecule has 0 bridgehead atoms. The van der Waals surface area contributed by atoms with Crippen LogP contribution < -0.4 is 0 Å². The summed E-state index contributed by atoms with van der Waals surface area (Å²) in [7, 11) is 0. The van der Waals surface area contributed by atoms with E-state index in [1.807, 2.05) is 11.8 Å². The second kappa shape index (κ2) is 7.80. The molecule has 8 nitrogen and oxygen atoms in total. The molecule has 1 unspecified atom stereocenters. The van der Waals surface area contributed by atoms with Gasteiger partial charge in [0.2, 0.25) is 5.89 Å². The lowest BCUT2D eigenvalue weighted by Crippen LogP contribution is -2.51. The zero-order chi connectivity index (χ0) is 20.7. The van der Waals surface area contributed by atoms with Gasteiger partial charge >= 0.3 is 0 Å². The largest absolute Gasteiger partial charge is 0.375 e. The summed E-state index contributed by atoms with van der Waals surface area (Å²) >= 11 is 0. The van der Waals surface area contributed by atoms with Crippen LogP contribution in [0.4, 0.5) is 0 Å². The molecule has 0 aromatic carbocycles. The van der Waals surface area contributed by atoms with Crippen molar-refractivity contribution in [1.29, 1.82) is 0 Å². The highest BCUT2D eigenvalue weighted by atomic mass is 16.5. The molecule has 4 heterocycles. The summed E-state index contributed by atoms with van der Waals surface area (Å²) in [5.41, 5.74) is 1.12. The molecular weight excluding hydrogens is 384 g/mol. The van der Waals surface area contributed by atoms with Gasteiger partial charge in [-0.1, -0.05) is 16.7 Å². The summed E-state index contributed by atoms with van der Waals surface area (Å²) in [6.07, 6.45) is 8.20. The Morgan fingerprint density at radius 3 is 2.60 bits per heavy atom. The molecule has 2 saturated heterocycles. The molecule has 2 aliphatic heterocycles. The number of aryl methyl sites for hydroxylation is 2. The molecule has 0 radical (unpaired) electrons. The van der Waals surface area contributed by atoms with E-state index in [9.17, 15) is 4.79 Å². The van der Waals surface area contributed by atoms with Gasteiger partial charge in [0.05, 0.1) is 11.3 Å². The Balaban J connectivity index is 1.19. The number of aromatic nitrogens is 3. The van der Waals surface area contributed by atoms with Crippen LogP contribution >= 0.6 is 0 Å². The van der Waals surface area contributed by atoms with Crippen LogP contribution in [0.2, 0.25) is 0 Å². The average molecular weight is 415 g/mol. The highest BCUT2D eigenvalue weighted by Gasteiger charge is 2.42. The highest BCUT2D eigenvalue weighted by Crippen LogP contribution is 2.40. The number of carbonyl (C=O) groups excluding carboxylic acids is 1. The molecule has 8 heteroatoms. The van der Waals surface area contributed by atoms with E-state index in [2.05, 4.69) is 15.3 Å². The smallest absolute Gasteiger partial charge is 0.259 e. The average Bonchev–Trinajstić information content (AvgIpc) is 3.27. The van der Waals surface area contributed by atoms with Crippen molar-refractivity contribution in [1.82, 2.24) is 20.2 Å². The molecule has 1 spiro atoms. The standard InChI is InChI=1S/C22H30N4O4/c1-14-19(15(2)29-24-14)21(27)26-9-7-22(8-10-26)13-16(6-11-28-22)12-18-23-20(30-25-18)17-4-3-5-17/h16-17H,3-13H2,1-2H3. The number of piperidine rings is 1. The topological polar surface area (TPSA) is 94.5 Å². The molecular formula is C22H30N4O4. The van der Waals surface area contributed by atoms with Crippen LogP contribution in [-0.2, 0) is 11.2 Å². The van der Waals surface area contributed by atoms with Crippen LogP contribution in [0.25, 0.3) is 0 Å². The first-order valence-corrected chi connectivity index (χ1v) is 11.2. The summed E-state index contributed by atoms with van der Waals surface area (Å²) in [5, 5.41) is 8.15. The second-order valence-electron chi connectivity index (χ2n) is 9.26. The van der Waals surface area contributed by atoms with Gasteiger partial charge < -0.3 is 18.7 Å².